The minimum absolute atomic E-state index is 0.161. The number of sulfone groups is 1. The lowest BCUT2D eigenvalue weighted by atomic mass is 9.74. The van der Waals surface area contributed by atoms with E-state index in [2.05, 4.69) is 15.2 Å². The van der Waals surface area contributed by atoms with Crippen molar-refractivity contribution in [1.29, 1.82) is 0 Å². The first kappa shape index (κ1) is 30.3. The standard InChI is InChI=1S/C29H27Cl2F3N4O3S/c30-22-5-3-20(4-6-22)2-1-13-37-14-10-28(11-15-37)19-38(27(39)36-18-21-9-12-35-26(31)16-21)25-8-7-23(17-24(25)28)42(40,41)29(32,33)34/h1-9,12,16-17H,10-11,13-15,18-19H2,(H,36,39). The number of benzene rings is 2. The average molecular weight is 640 g/mol. The number of likely N-dealkylation sites (tertiary alicyclic amines) is 1. The first-order valence-electron chi connectivity index (χ1n) is 13.1. The van der Waals surface area contributed by atoms with Crippen molar-refractivity contribution < 1.29 is 26.4 Å². The molecule has 0 saturated carbocycles. The Hall–Kier alpha value is -3.12. The van der Waals surface area contributed by atoms with E-state index in [1.54, 1.807) is 12.1 Å². The Morgan fingerprint density at radius 3 is 2.43 bits per heavy atom. The number of carbonyl (C=O) groups is 1. The summed E-state index contributed by atoms with van der Waals surface area (Å²) < 4.78 is 64.8. The molecule has 2 amide bonds. The van der Waals surface area contributed by atoms with Crippen LogP contribution >= 0.6 is 23.2 Å². The van der Waals surface area contributed by atoms with Crippen LogP contribution in [0.2, 0.25) is 10.2 Å². The molecular formula is C29H27Cl2F3N4O3S. The number of carbonyl (C=O) groups excluding carboxylic acids is 1. The summed E-state index contributed by atoms with van der Waals surface area (Å²) in [4.78, 5) is 20.1. The van der Waals surface area contributed by atoms with Crippen molar-refractivity contribution in [3.8, 4) is 0 Å². The predicted octanol–water partition coefficient (Wildman–Crippen LogP) is 6.46. The number of hydrogen-bond donors (Lipinski definition) is 1. The third-order valence-corrected chi connectivity index (χ3v) is 9.69. The normalized spacial score (nSPS) is 17.1. The molecule has 0 unspecified atom stereocenters. The van der Waals surface area contributed by atoms with E-state index >= 15 is 0 Å². The van der Waals surface area contributed by atoms with Crippen molar-refractivity contribution in [2.45, 2.75) is 35.2 Å². The quantitative estimate of drug-likeness (QED) is 0.313. The van der Waals surface area contributed by atoms with Gasteiger partial charge < -0.3 is 5.32 Å². The molecule has 3 aromatic rings. The monoisotopic (exact) mass is 638 g/mol. The van der Waals surface area contributed by atoms with E-state index in [4.69, 9.17) is 23.2 Å². The summed E-state index contributed by atoms with van der Waals surface area (Å²) in [6, 6.07) is 13.6. The van der Waals surface area contributed by atoms with Gasteiger partial charge in [0.1, 0.15) is 5.15 Å². The lowest BCUT2D eigenvalue weighted by Crippen LogP contribution is -2.47. The van der Waals surface area contributed by atoms with Gasteiger partial charge in [-0.25, -0.2) is 18.2 Å². The van der Waals surface area contributed by atoms with Crippen LogP contribution in [0.25, 0.3) is 6.08 Å². The van der Waals surface area contributed by atoms with Crippen LogP contribution in [-0.2, 0) is 21.8 Å². The average Bonchev–Trinajstić information content (AvgIpc) is 3.26. The zero-order chi connectivity index (χ0) is 30.1. The topological polar surface area (TPSA) is 82.6 Å². The number of alkyl halides is 3. The van der Waals surface area contributed by atoms with Crippen LogP contribution < -0.4 is 10.2 Å². The first-order chi connectivity index (χ1) is 19.9. The van der Waals surface area contributed by atoms with E-state index in [9.17, 15) is 26.4 Å². The van der Waals surface area contributed by atoms with Gasteiger partial charge in [0.2, 0.25) is 0 Å². The maximum atomic E-state index is 13.4. The molecule has 1 saturated heterocycles. The van der Waals surface area contributed by atoms with E-state index in [1.165, 1.54) is 17.2 Å². The molecule has 0 radical (unpaired) electrons. The zero-order valence-corrected chi connectivity index (χ0v) is 24.6. The Kier molecular flexibility index (Phi) is 8.58. The van der Waals surface area contributed by atoms with Crippen LogP contribution in [0.15, 0.2) is 71.8 Å². The van der Waals surface area contributed by atoms with Gasteiger partial charge in [-0.2, -0.15) is 13.2 Å². The summed E-state index contributed by atoms with van der Waals surface area (Å²) in [5.41, 5.74) is -3.56. The lowest BCUT2D eigenvalue weighted by molar-refractivity contribution is -0.0436. The molecule has 42 heavy (non-hydrogen) atoms. The minimum atomic E-state index is -5.56. The van der Waals surface area contributed by atoms with Crippen molar-refractivity contribution in [3.05, 3.63) is 93.7 Å². The number of nitrogens with one attached hydrogen (secondary N) is 1. The van der Waals surface area contributed by atoms with Crippen molar-refractivity contribution >= 4 is 50.8 Å². The smallest absolute Gasteiger partial charge is 0.334 e. The molecule has 3 heterocycles. The highest BCUT2D eigenvalue weighted by atomic mass is 35.5. The molecule has 2 aliphatic rings. The zero-order valence-electron chi connectivity index (χ0n) is 22.2. The van der Waals surface area contributed by atoms with E-state index < -0.39 is 31.7 Å². The molecule has 0 atom stereocenters. The lowest BCUT2D eigenvalue weighted by Gasteiger charge is -2.39. The number of rotatable bonds is 6. The van der Waals surface area contributed by atoms with Gasteiger partial charge in [0.15, 0.2) is 0 Å². The molecule has 13 heteroatoms. The number of fused-ring (bicyclic) bond motifs is 2. The van der Waals surface area contributed by atoms with E-state index in [1.807, 2.05) is 36.4 Å². The van der Waals surface area contributed by atoms with Crippen molar-refractivity contribution in [2.24, 2.45) is 0 Å². The second-order valence-corrected chi connectivity index (χ2v) is 13.2. The molecule has 1 spiro atoms. The predicted molar refractivity (Wildman–Crippen MR) is 156 cm³/mol. The van der Waals surface area contributed by atoms with E-state index in [-0.39, 0.29) is 18.2 Å². The largest absolute Gasteiger partial charge is 0.501 e. The van der Waals surface area contributed by atoms with Crippen LogP contribution in [-0.4, -0.2) is 56.0 Å². The minimum Gasteiger partial charge on any atom is -0.334 e. The molecular weight excluding hydrogens is 612 g/mol. The SMILES string of the molecule is O=C(NCc1ccnc(Cl)c1)N1CC2(CCN(CC=Cc3ccc(Cl)cc3)CC2)c2cc(S(=O)(=O)C(F)(F)F)ccc21. The molecule has 5 rings (SSSR count). The van der Waals surface area contributed by atoms with Gasteiger partial charge in [-0.1, -0.05) is 47.5 Å². The summed E-state index contributed by atoms with van der Waals surface area (Å²) in [5.74, 6) is 0. The summed E-state index contributed by atoms with van der Waals surface area (Å²) in [7, 11) is -5.56. The highest BCUT2D eigenvalue weighted by molar-refractivity contribution is 7.92. The molecule has 7 nitrogen and oxygen atoms in total. The van der Waals surface area contributed by atoms with Crippen LogP contribution in [0.4, 0.5) is 23.7 Å². The maximum Gasteiger partial charge on any atom is 0.501 e. The summed E-state index contributed by atoms with van der Waals surface area (Å²) >= 11 is 11.9. The molecule has 1 aromatic heterocycles. The second kappa shape index (κ2) is 11.9. The van der Waals surface area contributed by atoms with Gasteiger partial charge >= 0.3 is 11.5 Å². The van der Waals surface area contributed by atoms with Crippen molar-refractivity contribution in [2.75, 3.05) is 31.1 Å². The highest BCUT2D eigenvalue weighted by Crippen LogP contribution is 2.48. The molecule has 0 aliphatic carbocycles. The number of urea groups is 1. The number of piperidine rings is 1. The van der Waals surface area contributed by atoms with Crippen LogP contribution in [0, 0.1) is 0 Å². The number of amides is 2. The summed E-state index contributed by atoms with van der Waals surface area (Å²) in [6.07, 6.45) is 6.61. The third kappa shape index (κ3) is 6.29. The number of halogens is 5. The Labute approximate surface area is 251 Å². The van der Waals surface area contributed by atoms with Gasteiger partial charge in [0.05, 0.1) is 4.90 Å². The second-order valence-electron chi connectivity index (χ2n) is 10.4. The maximum absolute atomic E-state index is 13.4. The molecule has 222 valence electrons. The van der Waals surface area contributed by atoms with Gasteiger partial charge in [-0.15, -0.1) is 0 Å². The highest BCUT2D eigenvalue weighted by Gasteiger charge is 2.50. The van der Waals surface area contributed by atoms with Crippen LogP contribution in [0.3, 0.4) is 0 Å². The number of aromatic nitrogens is 1. The van der Waals surface area contributed by atoms with Crippen LogP contribution in [0.5, 0.6) is 0 Å². The fourth-order valence-electron chi connectivity index (χ4n) is 5.46. The molecule has 0 bridgehead atoms. The number of nitrogens with zero attached hydrogens (tertiary/aromatic N) is 3. The van der Waals surface area contributed by atoms with Gasteiger partial charge in [0.25, 0.3) is 9.84 Å². The van der Waals surface area contributed by atoms with Crippen LogP contribution in [0.1, 0.15) is 29.5 Å². The summed E-state index contributed by atoms with van der Waals surface area (Å²) in [6.45, 7) is 2.27. The molecule has 1 N–H and O–H groups in total. The van der Waals surface area contributed by atoms with Gasteiger partial charge in [-0.3, -0.25) is 9.80 Å². The molecule has 2 aromatic carbocycles. The fraction of sp³-hybridized carbons (Fsp3) is 0.310. The Bertz CT molecular complexity index is 1610. The number of hydrogen-bond acceptors (Lipinski definition) is 5. The number of pyridine rings is 1. The first-order valence-corrected chi connectivity index (χ1v) is 15.4. The van der Waals surface area contributed by atoms with E-state index in [0.29, 0.717) is 48.7 Å². The van der Waals surface area contributed by atoms with Crippen molar-refractivity contribution in [1.82, 2.24) is 15.2 Å². The van der Waals surface area contributed by atoms with Gasteiger partial charge in [-0.05, 0) is 85.1 Å². The Balaban J connectivity index is 1.36. The Morgan fingerprint density at radius 1 is 1.05 bits per heavy atom. The summed E-state index contributed by atoms with van der Waals surface area (Å²) in [5, 5.41) is 3.76. The number of anilines is 1. The van der Waals surface area contributed by atoms with E-state index in [0.717, 1.165) is 23.3 Å². The third-order valence-electron chi connectivity index (χ3n) is 7.74. The Morgan fingerprint density at radius 2 is 1.76 bits per heavy atom. The molecule has 1 fully saturated rings. The fourth-order valence-corrected chi connectivity index (χ4v) is 6.57. The van der Waals surface area contributed by atoms with Crippen molar-refractivity contribution in [3.63, 3.8) is 0 Å². The molecule has 2 aliphatic heterocycles. The van der Waals surface area contributed by atoms with Gasteiger partial charge in [0, 0.05) is 42.0 Å².